The molecule has 4 amide bonds. The first-order chi connectivity index (χ1) is 30.6. The van der Waals surface area contributed by atoms with E-state index in [1.54, 1.807) is 15.5 Å². The highest BCUT2D eigenvalue weighted by atomic mass is 16.5. The van der Waals surface area contributed by atoms with Gasteiger partial charge in [0.25, 0.3) is 5.91 Å². The standard InChI is InChI=1S/C47H59N11O5/c1-32(2)38-30-49-58-43(38)52-47(63-36-19-23-54(3)24-20-36)53-46(58)48-29-33-13-15-35(16-14-33)50-41(59)12-5-4-6-21-55-25-27-56(28-26-55)22-8-10-34-9-7-11-37-39(34)31-57(45(37)62)40-17-18-42(60)51-44(40)61/h7,9,11,13-16,30,32,36,40H,4-6,12,17-29,31H2,1-3H3,(H,50,59)(H,48,52,53)(H,51,60,61). The molecule has 2 aromatic heterocycles. The molecule has 3 saturated heterocycles. The second-order valence-electron chi connectivity index (χ2n) is 17.5. The minimum absolute atomic E-state index is 0.0226. The fraction of sp³-hybridized carbons (Fsp3) is 0.511. The number of unbranched alkanes of at least 4 members (excludes halogenated alkanes) is 2. The third-order valence-electron chi connectivity index (χ3n) is 12.6. The zero-order valence-electron chi connectivity index (χ0n) is 36.7. The fourth-order valence-electron chi connectivity index (χ4n) is 8.73. The normalized spacial score (nSPS) is 19.0. The molecule has 8 rings (SSSR count). The molecule has 16 nitrogen and oxygen atoms in total. The van der Waals surface area contributed by atoms with E-state index in [1.807, 2.05) is 42.6 Å². The van der Waals surface area contributed by atoms with Crippen molar-refractivity contribution in [3.63, 3.8) is 0 Å². The number of aromatic nitrogens is 4. The molecule has 3 fully saturated rings. The van der Waals surface area contributed by atoms with Crippen molar-refractivity contribution in [2.45, 2.75) is 96.4 Å². The van der Waals surface area contributed by atoms with E-state index < -0.39 is 11.9 Å². The Morgan fingerprint density at radius 1 is 0.937 bits per heavy atom. The van der Waals surface area contributed by atoms with Crippen LogP contribution in [-0.2, 0) is 27.5 Å². The SMILES string of the molecule is CC(C)c1cnn2c(NCc3ccc(NC(=O)CCCCCN4CCN(CC#Cc5cccc6c5CN(C5CCC(=O)NC5=O)C6=O)CC4)cc3)nc(OC3CCN(C)CC3)nc12. The minimum Gasteiger partial charge on any atom is -0.460 e. The molecule has 3 N–H and O–H groups in total. The van der Waals surface area contributed by atoms with Gasteiger partial charge < -0.3 is 30.1 Å². The molecule has 4 aliphatic heterocycles. The Bertz CT molecular complexity index is 2350. The van der Waals surface area contributed by atoms with Crippen LogP contribution >= 0.6 is 0 Å². The maximum absolute atomic E-state index is 13.1. The van der Waals surface area contributed by atoms with Crippen LogP contribution in [0, 0.1) is 11.8 Å². The predicted octanol–water partition coefficient (Wildman–Crippen LogP) is 4.26. The summed E-state index contributed by atoms with van der Waals surface area (Å²) in [6.07, 6.45) is 7.75. The van der Waals surface area contributed by atoms with Crippen molar-refractivity contribution in [2.75, 3.05) is 70.0 Å². The number of piperidine rings is 2. The number of hydrogen-bond acceptors (Lipinski definition) is 12. The number of benzene rings is 2. The molecule has 16 heteroatoms. The van der Waals surface area contributed by atoms with Crippen molar-refractivity contribution in [3.8, 4) is 17.9 Å². The highest BCUT2D eigenvalue weighted by molar-refractivity contribution is 6.05. The van der Waals surface area contributed by atoms with Crippen LogP contribution in [0.2, 0.25) is 0 Å². The summed E-state index contributed by atoms with van der Waals surface area (Å²) in [5.41, 5.74) is 5.85. The van der Waals surface area contributed by atoms with Crippen LogP contribution < -0.4 is 20.7 Å². The lowest BCUT2D eigenvalue weighted by atomic mass is 10.0. The van der Waals surface area contributed by atoms with E-state index >= 15 is 0 Å². The van der Waals surface area contributed by atoms with Gasteiger partial charge in [-0.15, -0.1) is 0 Å². The second kappa shape index (κ2) is 20.1. The van der Waals surface area contributed by atoms with Gasteiger partial charge in [-0.2, -0.15) is 19.6 Å². The van der Waals surface area contributed by atoms with Gasteiger partial charge in [-0.05, 0) is 87.0 Å². The highest BCUT2D eigenvalue weighted by Crippen LogP contribution is 2.30. The molecule has 63 heavy (non-hydrogen) atoms. The van der Waals surface area contributed by atoms with Crippen LogP contribution in [0.1, 0.15) is 104 Å². The molecule has 1 unspecified atom stereocenters. The summed E-state index contributed by atoms with van der Waals surface area (Å²) in [6.45, 7) is 12.5. The summed E-state index contributed by atoms with van der Waals surface area (Å²) in [7, 11) is 2.13. The molecule has 2 aromatic carbocycles. The van der Waals surface area contributed by atoms with E-state index in [0.717, 1.165) is 112 Å². The van der Waals surface area contributed by atoms with Crippen LogP contribution in [0.25, 0.3) is 5.65 Å². The Hall–Kier alpha value is -5.89. The maximum atomic E-state index is 13.1. The van der Waals surface area contributed by atoms with Crippen molar-refractivity contribution in [1.82, 2.24) is 44.5 Å². The molecule has 0 aliphatic carbocycles. The molecular weight excluding hydrogens is 799 g/mol. The number of ether oxygens (including phenoxy) is 1. The molecule has 0 bridgehead atoms. The number of carbonyl (C=O) groups excluding carboxylic acids is 4. The third-order valence-corrected chi connectivity index (χ3v) is 12.6. The fourth-order valence-corrected chi connectivity index (χ4v) is 8.73. The lowest BCUT2D eigenvalue weighted by Crippen LogP contribution is -2.52. The smallest absolute Gasteiger partial charge is 0.322 e. The van der Waals surface area contributed by atoms with E-state index in [2.05, 4.69) is 68.5 Å². The average molecular weight is 858 g/mol. The zero-order valence-corrected chi connectivity index (χ0v) is 36.7. The number of nitrogens with zero attached hydrogens (tertiary/aromatic N) is 8. The lowest BCUT2D eigenvalue weighted by Gasteiger charge is -2.33. The number of imide groups is 1. The summed E-state index contributed by atoms with van der Waals surface area (Å²) in [5, 5.41) is 13.4. The van der Waals surface area contributed by atoms with Gasteiger partial charge in [-0.1, -0.05) is 50.3 Å². The summed E-state index contributed by atoms with van der Waals surface area (Å²) >= 11 is 0. The first kappa shape index (κ1) is 43.7. The zero-order chi connectivity index (χ0) is 43.9. The van der Waals surface area contributed by atoms with Crippen LogP contribution in [0.4, 0.5) is 11.6 Å². The van der Waals surface area contributed by atoms with Crippen LogP contribution in [-0.4, -0.2) is 134 Å². The number of anilines is 2. The van der Waals surface area contributed by atoms with Crippen molar-refractivity contribution < 1.29 is 23.9 Å². The van der Waals surface area contributed by atoms with Crippen molar-refractivity contribution in [2.24, 2.45) is 0 Å². The van der Waals surface area contributed by atoms with Gasteiger partial charge in [0, 0.05) is 87.6 Å². The second-order valence-corrected chi connectivity index (χ2v) is 17.5. The summed E-state index contributed by atoms with van der Waals surface area (Å²) in [6, 6.07) is 13.2. The average Bonchev–Trinajstić information content (AvgIpc) is 3.86. The van der Waals surface area contributed by atoms with Gasteiger partial charge in [0.15, 0.2) is 5.65 Å². The molecule has 1 atom stereocenters. The summed E-state index contributed by atoms with van der Waals surface area (Å²) in [4.78, 5) is 68.2. The summed E-state index contributed by atoms with van der Waals surface area (Å²) < 4.78 is 8.03. The van der Waals surface area contributed by atoms with E-state index in [1.165, 1.54) is 0 Å². The van der Waals surface area contributed by atoms with Crippen molar-refractivity contribution in [3.05, 3.63) is 76.5 Å². The maximum Gasteiger partial charge on any atom is 0.322 e. The van der Waals surface area contributed by atoms with Gasteiger partial charge >= 0.3 is 6.01 Å². The monoisotopic (exact) mass is 857 g/mol. The Kier molecular flexibility index (Phi) is 13.9. The van der Waals surface area contributed by atoms with Crippen LogP contribution in [0.3, 0.4) is 0 Å². The van der Waals surface area contributed by atoms with E-state index in [4.69, 9.17) is 14.7 Å². The van der Waals surface area contributed by atoms with E-state index in [9.17, 15) is 19.2 Å². The predicted molar refractivity (Wildman–Crippen MR) is 239 cm³/mol. The number of nitrogens with one attached hydrogen (secondary N) is 3. The first-order valence-corrected chi connectivity index (χ1v) is 22.5. The Balaban J connectivity index is 0.722. The first-order valence-electron chi connectivity index (χ1n) is 22.5. The number of hydrogen-bond donors (Lipinski definition) is 3. The van der Waals surface area contributed by atoms with Crippen LogP contribution in [0.15, 0.2) is 48.7 Å². The number of carbonyl (C=O) groups is 4. The third kappa shape index (κ3) is 10.8. The molecular formula is C47H59N11O5. The van der Waals surface area contributed by atoms with Gasteiger partial charge in [0.1, 0.15) is 12.1 Å². The molecule has 4 aromatic rings. The number of amides is 4. The lowest BCUT2D eigenvalue weighted by molar-refractivity contribution is -0.137. The molecule has 0 saturated carbocycles. The summed E-state index contributed by atoms with van der Waals surface area (Å²) in [5.74, 6) is 6.56. The number of piperazine rings is 1. The minimum atomic E-state index is -0.639. The number of fused-ring (bicyclic) bond motifs is 2. The molecule has 0 radical (unpaired) electrons. The van der Waals surface area contributed by atoms with Gasteiger partial charge in [-0.25, -0.2) is 0 Å². The highest BCUT2D eigenvalue weighted by Gasteiger charge is 2.39. The molecule has 6 heterocycles. The molecule has 4 aliphatic rings. The van der Waals surface area contributed by atoms with Gasteiger partial charge in [0.2, 0.25) is 23.7 Å². The topological polar surface area (TPSA) is 170 Å². The van der Waals surface area contributed by atoms with Crippen LogP contribution in [0.5, 0.6) is 6.01 Å². The molecule has 332 valence electrons. The van der Waals surface area contributed by atoms with E-state index in [-0.39, 0.29) is 36.2 Å². The van der Waals surface area contributed by atoms with Gasteiger partial charge in [0.05, 0.1) is 12.7 Å². The Morgan fingerprint density at radius 2 is 1.71 bits per heavy atom. The van der Waals surface area contributed by atoms with Gasteiger partial charge in [-0.3, -0.25) is 29.4 Å². The number of likely N-dealkylation sites (tertiary alicyclic amines) is 1. The quantitative estimate of drug-likeness (QED) is 0.0884. The van der Waals surface area contributed by atoms with Crippen molar-refractivity contribution in [1.29, 1.82) is 0 Å². The number of rotatable bonds is 15. The molecule has 0 spiro atoms. The van der Waals surface area contributed by atoms with E-state index in [0.29, 0.717) is 50.0 Å². The van der Waals surface area contributed by atoms with Crippen molar-refractivity contribution >= 4 is 40.9 Å². The largest absolute Gasteiger partial charge is 0.460 e. The Morgan fingerprint density at radius 3 is 2.48 bits per heavy atom. The Labute approximate surface area is 369 Å².